The summed E-state index contributed by atoms with van der Waals surface area (Å²) >= 11 is 0. The first kappa shape index (κ1) is 6.45. The van der Waals surface area contributed by atoms with Gasteiger partial charge < -0.3 is 0 Å². The van der Waals surface area contributed by atoms with Crippen LogP contribution in [-0.4, -0.2) is 35.2 Å². The van der Waals surface area contributed by atoms with E-state index >= 15 is 0 Å². The molecule has 0 spiro atoms. The van der Waals surface area contributed by atoms with Crippen LogP contribution in [-0.2, 0) is 0 Å². The molecule has 0 aromatic carbocycles. The monoisotopic (exact) mass is 154 g/mol. The van der Waals surface area contributed by atoms with Gasteiger partial charge in [0, 0.05) is 13.1 Å². The molecule has 0 unspecified atom stereocenters. The molecule has 0 atom stereocenters. The lowest BCUT2D eigenvalue weighted by atomic mass is 10.2. The summed E-state index contributed by atoms with van der Waals surface area (Å²) in [7, 11) is 0. The third kappa shape index (κ3) is 0.840. The van der Waals surface area contributed by atoms with Crippen LogP contribution >= 0.6 is 0 Å². The van der Waals surface area contributed by atoms with Crippen molar-refractivity contribution in [2.45, 2.75) is 12.8 Å². The van der Waals surface area contributed by atoms with Gasteiger partial charge in [0.05, 0.1) is 0 Å². The molecule has 2 aliphatic heterocycles. The Hall–Kier alpha value is -1.26. The Bertz CT molecular complexity index is 194. The predicted octanol–water partition coefficient (Wildman–Crippen LogP) is 0.157. The summed E-state index contributed by atoms with van der Waals surface area (Å²) in [6, 6.07) is -0.815. The summed E-state index contributed by atoms with van der Waals surface area (Å²) in [6.07, 6.45) is 1.93. The Labute approximate surface area is 63.9 Å². The third-order valence-corrected chi connectivity index (χ3v) is 1.91. The number of fused-ring (bicyclic) bond motifs is 1. The Balaban J connectivity index is 2.19. The second-order valence-corrected chi connectivity index (χ2v) is 2.63. The summed E-state index contributed by atoms with van der Waals surface area (Å²) in [4.78, 5) is 21.8. The van der Waals surface area contributed by atoms with Gasteiger partial charge in [-0.05, 0) is 12.8 Å². The molecule has 2 heterocycles. The minimum absolute atomic E-state index is 0.408. The van der Waals surface area contributed by atoms with Gasteiger partial charge in [-0.1, -0.05) is 0 Å². The number of rotatable bonds is 0. The first-order valence-corrected chi connectivity index (χ1v) is 3.64. The molecule has 2 saturated heterocycles. The number of imide groups is 1. The van der Waals surface area contributed by atoms with E-state index in [2.05, 4.69) is 5.32 Å². The van der Waals surface area contributed by atoms with Crippen LogP contribution in [0.5, 0.6) is 0 Å². The molecule has 5 nitrogen and oxygen atoms in total. The molecule has 0 aromatic rings. The zero-order valence-corrected chi connectivity index (χ0v) is 5.99. The Morgan fingerprint density at radius 1 is 1.00 bits per heavy atom. The van der Waals surface area contributed by atoms with Crippen LogP contribution in [0.25, 0.3) is 0 Å². The average Bonchev–Trinajstić information content (AvgIpc) is 2.30. The number of hydrogen-bond donors (Lipinski definition) is 0. The average molecular weight is 154 g/mol. The van der Waals surface area contributed by atoms with Gasteiger partial charge in [0.25, 0.3) is 0 Å². The van der Waals surface area contributed by atoms with Crippen molar-refractivity contribution in [3.8, 4) is 0 Å². The van der Waals surface area contributed by atoms with Crippen LogP contribution in [0.15, 0.2) is 0 Å². The molecular formula is C6H8N3O2. The van der Waals surface area contributed by atoms with Crippen molar-refractivity contribution in [2.75, 3.05) is 13.1 Å². The summed E-state index contributed by atoms with van der Waals surface area (Å²) in [5, 5.41) is 6.12. The number of carbonyl (C=O) groups is 2. The lowest BCUT2D eigenvalue weighted by molar-refractivity contribution is 0.0539. The highest BCUT2D eigenvalue weighted by molar-refractivity contribution is 5.98. The number of hydrazine groups is 1. The lowest BCUT2D eigenvalue weighted by Gasteiger charge is -2.29. The van der Waals surface area contributed by atoms with Crippen LogP contribution in [0.1, 0.15) is 12.8 Å². The van der Waals surface area contributed by atoms with E-state index in [0.717, 1.165) is 12.8 Å². The number of carbonyl (C=O) groups excluding carboxylic acids is 2. The van der Waals surface area contributed by atoms with Crippen molar-refractivity contribution in [3.05, 3.63) is 0 Å². The molecule has 11 heavy (non-hydrogen) atoms. The van der Waals surface area contributed by atoms with Crippen molar-refractivity contribution >= 4 is 12.1 Å². The van der Waals surface area contributed by atoms with E-state index in [4.69, 9.17) is 0 Å². The summed E-state index contributed by atoms with van der Waals surface area (Å²) in [6.45, 7) is 1.27. The van der Waals surface area contributed by atoms with Crippen molar-refractivity contribution in [1.29, 1.82) is 0 Å². The topological polar surface area (TPSA) is 54.7 Å². The molecular weight excluding hydrogens is 146 g/mol. The summed E-state index contributed by atoms with van der Waals surface area (Å²) in [5.74, 6) is 0. The van der Waals surface area contributed by atoms with Crippen LogP contribution in [0.4, 0.5) is 9.59 Å². The SMILES string of the molecule is O=C1[N]C(=O)N2CCCCN12. The summed E-state index contributed by atoms with van der Waals surface area (Å²) < 4.78 is 0. The van der Waals surface area contributed by atoms with Crippen LogP contribution in [0, 0.1) is 0 Å². The Kier molecular flexibility index (Phi) is 1.24. The van der Waals surface area contributed by atoms with E-state index in [1.165, 1.54) is 10.0 Å². The van der Waals surface area contributed by atoms with Crippen molar-refractivity contribution in [3.63, 3.8) is 0 Å². The third-order valence-electron chi connectivity index (χ3n) is 1.91. The molecule has 2 rings (SSSR count). The Morgan fingerprint density at radius 2 is 1.45 bits per heavy atom. The first-order chi connectivity index (χ1) is 5.29. The number of nitrogens with zero attached hydrogens (tertiary/aromatic N) is 3. The maximum absolute atomic E-state index is 10.9. The molecule has 2 aliphatic rings. The van der Waals surface area contributed by atoms with Gasteiger partial charge >= 0.3 is 12.1 Å². The van der Waals surface area contributed by atoms with E-state index < -0.39 is 12.1 Å². The van der Waals surface area contributed by atoms with Crippen molar-refractivity contribution in [2.24, 2.45) is 0 Å². The molecule has 0 saturated carbocycles. The summed E-state index contributed by atoms with van der Waals surface area (Å²) in [5.41, 5.74) is 0. The quantitative estimate of drug-likeness (QED) is 0.499. The van der Waals surface area contributed by atoms with Crippen LogP contribution < -0.4 is 5.32 Å². The predicted molar refractivity (Wildman–Crippen MR) is 35.6 cm³/mol. The molecule has 1 radical (unpaired) electrons. The van der Waals surface area contributed by atoms with Gasteiger partial charge in [-0.25, -0.2) is 19.6 Å². The molecule has 4 amide bonds. The fraction of sp³-hybridized carbons (Fsp3) is 0.667. The maximum atomic E-state index is 10.9. The minimum Gasteiger partial charge on any atom is -0.244 e. The molecule has 59 valence electrons. The van der Waals surface area contributed by atoms with E-state index in [0.29, 0.717) is 13.1 Å². The molecule has 0 aliphatic carbocycles. The number of amides is 4. The minimum atomic E-state index is -0.408. The molecule has 5 heteroatoms. The second kappa shape index (κ2) is 2.11. The zero-order chi connectivity index (χ0) is 7.84. The number of urea groups is 2. The van der Waals surface area contributed by atoms with Crippen LogP contribution in [0.3, 0.4) is 0 Å². The van der Waals surface area contributed by atoms with Crippen LogP contribution in [0.2, 0.25) is 0 Å². The van der Waals surface area contributed by atoms with Gasteiger partial charge in [-0.3, -0.25) is 0 Å². The first-order valence-electron chi connectivity index (χ1n) is 3.64. The Morgan fingerprint density at radius 3 is 1.91 bits per heavy atom. The van der Waals surface area contributed by atoms with Gasteiger partial charge in [0.1, 0.15) is 0 Å². The van der Waals surface area contributed by atoms with Gasteiger partial charge in [-0.2, -0.15) is 0 Å². The van der Waals surface area contributed by atoms with Crippen molar-refractivity contribution in [1.82, 2.24) is 15.3 Å². The maximum Gasteiger partial charge on any atom is 0.367 e. The molecule has 2 fully saturated rings. The zero-order valence-electron chi connectivity index (χ0n) is 5.99. The highest BCUT2D eigenvalue weighted by Crippen LogP contribution is 2.16. The lowest BCUT2D eigenvalue weighted by Crippen LogP contribution is -2.44. The van der Waals surface area contributed by atoms with E-state index in [1.807, 2.05) is 0 Å². The normalized spacial score (nSPS) is 23.6. The smallest absolute Gasteiger partial charge is 0.244 e. The van der Waals surface area contributed by atoms with E-state index in [-0.39, 0.29) is 0 Å². The van der Waals surface area contributed by atoms with Gasteiger partial charge in [0.15, 0.2) is 0 Å². The van der Waals surface area contributed by atoms with E-state index in [1.54, 1.807) is 0 Å². The molecule has 0 N–H and O–H groups in total. The standard InChI is InChI=1S/C6H8N3O2/c10-5-7-6(11)9-4-2-1-3-8(5)9/h1-4H2. The fourth-order valence-electron chi connectivity index (χ4n) is 1.36. The highest BCUT2D eigenvalue weighted by Gasteiger charge is 2.38. The molecule has 0 aromatic heterocycles. The fourth-order valence-corrected chi connectivity index (χ4v) is 1.36. The van der Waals surface area contributed by atoms with Gasteiger partial charge in [-0.15, -0.1) is 5.32 Å². The molecule has 0 bridgehead atoms. The second-order valence-electron chi connectivity index (χ2n) is 2.63. The highest BCUT2D eigenvalue weighted by atomic mass is 16.2. The van der Waals surface area contributed by atoms with Gasteiger partial charge in [0.2, 0.25) is 0 Å². The number of hydrogen-bond acceptors (Lipinski definition) is 2. The van der Waals surface area contributed by atoms with Crippen molar-refractivity contribution < 1.29 is 9.59 Å². The largest absolute Gasteiger partial charge is 0.367 e. The van der Waals surface area contributed by atoms with E-state index in [9.17, 15) is 9.59 Å².